The first-order valence-electron chi connectivity index (χ1n) is 8.08. The largest absolute Gasteiger partial charge is 0.502 e. The number of ether oxygens (including phenoxy) is 1. The summed E-state index contributed by atoms with van der Waals surface area (Å²) in [5.41, 5.74) is -1.18. The molecule has 0 radical (unpaired) electrons. The van der Waals surface area contributed by atoms with E-state index in [0.717, 1.165) is 6.42 Å². The molecular weight excluding hydrogens is 296 g/mol. The summed E-state index contributed by atoms with van der Waals surface area (Å²) in [4.78, 5) is 25.5. The van der Waals surface area contributed by atoms with Crippen molar-refractivity contribution in [1.82, 2.24) is 9.55 Å². The highest BCUT2D eigenvalue weighted by Gasteiger charge is 2.44. The maximum atomic E-state index is 12.0. The molecule has 0 bridgehead atoms. The fourth-order valence-corrected chi connectivity index (χ4v) is 3.29. The van der Waals surface area contributed by atoms with Crippen LogP contribution in [0.2, 0.25) is 0 Å². The molecule has 0 saturated carbocycles. The Morgan fingerprint density at radius 3 is 2.39 bits per heavy atom. The van der Waals surface area contributed by atoms with Crippen molar-refractivity contribution in [2.45, 2.75) is 66.7 Å². The number of nitrogens with zero attached hydrogens (tertiary/aromatic N) is 1. The van der Waals surface area contributed by atoms with Gasteiger partial charge in [-0.2, -0.15) is 0 Å². The van der Waals surface area contributed by atoms with Crippen molar-refractivity contribution in [1.29, 1.82) is 0 Å². The summed E-state index contributed by atoms with van der Waals surface area (Å²) in [6.07, 6.45) is 2.29. The molecule has 6 nitrogen and oxygen atoms in total. The van der Waals surface area contributed by atoms with E-state index >= 15 is 0 Å². The highest BCUT2D eigenvalue weighted by molar-refractivity contribution is 5.10. The Kier molecular flexibility index (Phi) is 4.50. The topological polar surface area (TPSA) is 84.3 Å². The molecule has 1 aromatic heterocycles. The van der Waals surface area contributed by atoms with Crippen LogP contribution in [0.25, 0.3) is 0 Å². The van der Waals surface area contributed by atoms with Gasteiger partial charge in [0, 0.05) is 0 Å². The van der Waals surface area contributed by atoms with Gasteiger partial charge in [0.1, 0.15) is 6.23 Å². The zero-order valence-electron chi connectivity index (χ0n) is 14.8. The number of aromatic amines is 1. The number of aromatic hydroxyl groups is 1. The number of nitrogens with one attached hydrogen (secondary N) is 1. The van der Waals surface area contributed by atoms with E-state index in [1.807, 2.05) is 0 Å². The molecule has 2 rings (SSSR count). The van der Waals surface area contributed by atoms with E-state index in [4.69, 9.17) is 4.74 Å². The maximum absolute atomic E-state index is 12.0. The van der Waals surface area contributed by atoms with Crippen LogP contribution in [-0.2, 0) is 4.74 Å². The number of H-pyrrole nitrogens is 1. The van der Waals surface area contributed by atoms with E-state index in [0.29, 0.717) is 6.42 Å². The second-order valence-corrected chi connectivity index (χ2v) is 8.78. The van der Waals surface area contributed by atoms with E-state index in [-0.39, 0.29) is 22.9 Å². The summed E-state index contributed by atoms with van der Waals surface area (Å²) in [5, 5.41) is 9.60. The molecule has 2 heterocycles. The highest BCUT2D eigenvalue weighted by Crippen LogP contribution is 2.46. The van der Waals surface area contributed by atoms with Gasteiger partial charge in [-0.25, -0.2) is 4.79 Å². The van der Waals surface area contributed by atoms with E-state index in [1.165, 1.54) is 10.8 Å². The first-order valence-corrected chi connectivity index (χ1v) is 8.08. The van der Waals surface area contributed by atoms with Gasteiger partial charge in [0.25, 0.3) is 5.56 Å². The maximum Gasteiger partial charge on any atom is 0.330 e. The molecule has 3 atom stereocenters. The third-order valence-corrected chi connectivity index (χ3v) is 4.42. The van der Waals surface area contributed by atoms with Gasteiger partial charge in [0.15, 0.2) is 5.75 Å². The summed E-state index contributed by atoms with van der Waals surface area (Å²) in [6, 6.07) is 0. The van der Waals surface area contributed by atoms with E-state index in [9.17, 15) is 14.7 Å². The summed E-state index contributed by atoms with van der Waals surface area (Å²) in [5.74, 6) is -0.188. The van der Waals surface area contributed by atoms with Crippen LogP contribution in [-0.4, -0.2) is 20.8 Å². The van der Waals surface area contributed by atoms with Crippen molar-refractivity contribution in [3.63, 3.8) is 0 Å². The molecule has 1 aromatic rings. The molecule has 0 unspecified atom stereocenters. The Morgan fingerprint density at radius 1 is 1.26 bits per heavy atom. The van der Waals surface area contributed by atoms with Crippen molar-refractivity contribution < 1.29 is 9.84 Å². The lowest BCUT2D eigenvalue weighted by atomic mass is 9.73. The predicted octanol–water partition coefficient (Wildman–Crippen LogP) is 2.63. The second-order valence-electron chi connectivity index (χ2n) is 8.78. The summed E-state index contributed by atoms with van der Waals surface area (Å²) in [7, 11) is 0. The number of hydrogen-bond donors (Lipinski definition) is 2. The zero-order chi connectivity index (χ0) is 17.6. The molecule has 0 amide bonds. The van der Waals surface area contributed by atoms with E-state index in [2.05, 4.69) is 46.5 Å². The first-order chi connectivity index (χ1) is 10.4. The summed E-state index contributed by atoms with van der Waals surface area (Å²) >= 11 is 0. The molecule has 2 N–H and O–H groups in total. The van der Waals surface area contributed by atoms with Crippen LogP contribution in [0.4, 0.5) is 0 Å². The van der Waals surface area contributed by atoms with Gasteiger partial charge in [-0.3, -0.25) is 14.3 Å². The van der Waals surface area contributed by atoms with Crippen LogP contribution in [0.15, 0.2) is 15.8 Å². The molecule has 0 spiro atoms. The molecule has 1 aliphatic heterocycles. The average molecular weight is 324 g/mol. The molecule has 6 heteroatoms. The van der Waals surface area contributed by atoms with Gasteiger partial charge in [-0.05, 0) is 29.6 Å². The third kappa shape index (κ3) is 4.05. The molecule has 1 fully saturated rings. The minimum absolute atomic E-state index is 0.0287. The lowest BCUT2D eigenvalue weighted by Gasteiger charge is -2.33. The first kappa shape index (κ1) is 17.8. The third-order valence-electron chi connectivity index (χ3n) is 4.42. The number of hydrogen-bond acceptors (Lipinski definition) is 4. The quantitative estimate of drug-likeness (QED) is 0.876. The van der Waals surface area contributed by atoms with Crippen LogP contribution < -0.4 is 11.2 Å². The Balaban J connectivity index is 2.35. The van der Waals surface area contributed by atoms with Gasteiger partial charge >= 0.3 is 5.69 Å². The SMILES string of the molecule is CC(C)(C)C[C@H]1O[C@@H](n2cc(O)c(=O)[nH]c2=O)C[C@H]1C(C)(C)C. The molecule has 0 aliphatic carbocycles. The molecule has 130 valence electrons. The summed E-state index contributed by atoms with van der Waals surface area (Å²) < 4.78 is 7.46. The van der Waals surface area contributed by atoms with Crippen LogP contribution in [0.5, 0.6) is 5.75 Å². The van der Waals surface area contributed by atoms with Crippen molar-refractivity contribution in [3.8, 4) is 5.75 Å². The predicted molar refractivity (Wildman–Crippen MR) is 88.5 cm³/mol. The standard InChI is InChI=1S/C17H28N2O4/c1-16(2,3)8-12-10(17(4,5)6)7-13(23-12)19-9-11(20)14(21)18-15(19)22/h9-10,12-13,20H,7-8H2,1-6H3,(H,18,21,22)/t10-,12-,13-/m1/s1. The number of aromatic nitrogens is 2. The fraction of sp³-hybridized carbons (Fsp3) is 0.765. The van der Waals surface area contributed by atoms with Crippen molar-refractivity contribution >= 4 is 0 Å². The van der Waals surface area contributed by atoms with Crippen LogP contribution in [0.3, 0.4) is 0 Å². The minimum atomic E-state index is -0.775. The van der Waals surface area contributed by atoms with Gasteiger partial charge in [0.2, 0.25) is 0 Å². The molecule has 0 aromatic carbocycles. The van der Waals surface area contributed by atoms with Crippen LogP contribution in [0, 0.1) is 16.7 Å². The molecule has 1 saturated heterocycles. The Hall–Kier alpha value is -1.56. The van der Waals surface area contributed by atoms with Gasteiger partial charge in [-0.15, -0.1) is 0 Å². The molecule has 23 heavy (non-hydrogen) atoms. The molecule has 1 aliphatic rings. The van der Waals surface area contributed by atoms with Crippen molar-refractivity contribution in [3.05, 3.63) is 27.0 Å². The van der Waals surface area contributed by atoms with Crippen LogP contribution in [0.1, 0.15) is 60.6 Å². The van der Waals surface area contributed by atoms with Crippen LogP contribution >= 0.6 is 0 Å². The monoisotopic (exact) mass is 324 g/mol. The lowest BCUT2D eigenvalue weighted by Crippen LogP contribution is -2.32. The van der Waals surface area contributed by atoms with E-state index in [1.54, 1.807) is 0 Å². The Bertz CT molecular complexity index is 676. The minimum Gasteiger partial charge on any atom is -0.502 e. The van der Waals surface area contributed by atoms with E-state index < -0.39 is 23.2 Å². The number of rotatable bonds is 2. The Morgan fingerprint density at radius 2 is 1.87 bits per heavy atom. The Labute approximate surface area is 136 Å². The zero-order valence-corrected chi connectivity index (χ0v) is 14.8. The average Bonchev–Trinajstić information content (AvgIpc) is 2.75. The molecular formula is C17H28N2O4. The van der Waals surface area contributed by atoms with Crippen molar-refractivity contribution in [2.75, 3.05) is 0 Å². The van der Waals surface area contributed by atoms with Gasteiger partial charge < -0.3 is 9.84 Å². The normalized spacial score (nSPS) is 25.7. The lowest BCUT2D eigenvalue weighted by molar-refractivity contribution is -0.0344. The van der Waals surface area contributed by atoms with Gasteiger partial charge in [-0.1, -0.05) is 41.5 Å². The summed E-state index contributed by atoms with van der Waals surface area (Å²) in [6.45, 7) is 13.0. The fourth-order valence-electron chi connectivity index (χ4n) is 3.29. The smallest absolute Gasteiger partial charge is 0.330 e. The second kappa shape index (κ2) is 5.82. The van der Waals surface area contributed by atoms with Crippen molar-refractivity contribution in [2.24, 2.45) is 16.7 Å². The highest BCUT2D eigenvalue weighted by atomic mass is 16.5. The van der Waals surface area contributed by atoms with Gasteiger partial charge in [0.05, 0.1) is 12.3 Å².